The Morgan fingerprint density at radius 2 is 1.98 bits per heavy atom. The SMILES string of the molecule is CC(C)OC(=O)N[C@H]1CCCCC/C=C\[C@H]2C[C@@]2(C(=O)NC#N)NC(=O)C2C[C@@H](OC(=O)N3Cc4cccc(F)c4C3)CN2C1=O. The number of nitriles is 1. The molecule has 1 aliphatic carbocycles. The van der Waals surface area contributed by atoms with Crippen LogP contribution in [0.4, 0.5) is 14.0 Å². The summed E-state index contributed by atoms with van der Waals surface area (Å²) < 4.78 is 25.3. The van der Waals surface area contributed by atoms with Crippen LogP contribution in [0.25, 0.3) is 0 Å². The van der Waals surface area contributed by atoms with Crippen LogP contribution in [0, 0.1) is 23.2 Å². The number of allylic oxidation sites excluding steroid dienone is 1. The third-order valence-corrected chi connectivity index (χ3v) is 8.90. The van der Waals surface area contributed by atoms with Crippen molar-refractivity contribution in [3.05, 3.63) is 47.3 Å². The maximum Gasteiger partial charge on any atom is 0.410 e. The highest BCUT2D eigenvalue weighted by molar-refractivity contribution is 5.98. The lowest BCUT2D eigenvalue weighted by Crippen LogP contribution is -2.57. The van der Waals surface area contributed by atoms with E-state index >= 15 is 0 Å². The predicted octanol–water partition coefficient (Wildman–Crippen LogP) is 2.74. The van der Waals surface area contributed by atoms with Gasteiger partial charge in [-0.2, -0.15) is 5.26 Å². The molecular weight excluding hydrogens is 599 g/mol. The van der Waals surface area contributed by atoms with Crippen molar-refractivity contribution in [2.24, 2.45) is 5.92 Å². The van der Waals surface area contributed by atoms with Gasteiger partial charge in [0, 0.05) is 24.4 Å². The second-order valence-electron chi connectivity index (χ2n) is 12.5. The number of carbonyl (C=O) groups excluding carboxylic acids is 5. The summed E-state index contributed by atoms with van der Waals surface area (Å²) in [7, 11) is 0. The first-order valence-corrected chi connectivity index (χ1v) is 15.7. The zero-order valence-corrected chi connectivity index (χ0v) is 25.9. The average Bonchev–Trinajstić information content (AvgIpc) is 3.31. The van der Waals surface area contributed by atoms with Crippen LogP contribution in [0.1, 0.15) is 69.9 Å². The van der Waals surface area contributed by atoms with Crippen molar-refractivity contribution in [2.75, 3.05) is 6.54 Å². The van der Waals surface area contributed by atoms with Gasteiger partial charge in [-0.15, -0.1) is 0 Å². The quantitative estimate of drug-likeness (QED) is 0.257. The van der Waals surface area contributed by atoms with Crippen molar-refractivity contribution in [1.29, 1.82) is 5.26 Å². The zero-order valence-electron chi connectivity index (χ0n) is 25.9. The number of hydrogen-bond donors (Lipinski definition) is 3. The van der Waals surface area contributed by atoms with E-state index in [1.807, 2.05) is 12.2 Å². The number of fused-ring (bicyclic) bond motifs is 3. The van der Waals surface area contributed by atoms with E-state index in [9.17, 15) is 28.4 Å². The first-order valence-electron chi connectivity index (χ1n) is 15.7. The second kappa shape index (κ2) is 13.8. The maximum absolute atomic E-state index is 14.3. The molecule has 13 nitrogen and oxygen atoms in total. The number of nitrogens with one attached hydrogen (secondary N) is 3. The zero-order chi connectivity index (χ0) is 33.0. The van der Waals surface area contributed by atoms with Gasteiger partial charge in [-0.25, -0.2) is 14.0 Å². The summed E-state index contributed by atoms with van der Waals surface area (Å²) in [6.07, 6.45) is 6.01. The minimum Gasteiger partial charge on any atom is -0.447 e. The molecule has 0 spiro atoms. The van der Waals surface area contributed by atoms with E-state index in [4.69, 9.17) is 14.7 Å². The lowest BCUT2D eigenvalue weighted by molar-refractivity contribution is -0.141. The molecule has 14 heteroatoms. The van der Waals surface area contributed by atoms with Gasteiger partial charge in [0.25, 0.3) is 5.91 Å². The fourth-order valence-electron chi connectivity index (χ4n) is 6.45. The molecular formula is C32H39FN6O7. The lowest BCUT2D eigenvalue weighted by Gasteiger charge is -2.29. The number of benzene rings is 1. The highest BCUT2D eigenvalue weighted by Crippen LogP contribution is 2.45. The fourth-order valence-corrected chi connectivity index (χ4v) is 6.45. The monoisotopic (exact) mass is 638 g/mol. The lowest BCUT2D eigenvalue weighted by atomic mass is 10.0. The minimum absolute atomic E-state index is 0.0233. The van der Waals surface area contributed by atoms with Crippen LogP contribution in [-0.4, -0.2) is 76.1 Å². The van der Waals surface area contributed by atoms with E-state index in [2.05, 4.69) is 16.0 Å². The van der Waals surface area contributed by atoms with Crippen LogP contribution in [0.15, 0.2) is 30.4 Å². The molecule has 1 aromatic rings. The molecule has 0 bridgehead atoms. The van der Waals surface area contributed by atoms with Gasteiger partial charge >= 0.3 is 12.2 Å². The summed E-state index contributed by atoms with van der Waals surface area (Å²) in [6, 6.07) is 2.46. The van der Waals surface area contributed by atoms with Gasteiger partial charge < -0.3 is 25.0 Å². The van der Waals surface area contributed by atoms with Crippen molar-refractivity contribution >= 4 is 29.9 Å². The normalized spacial score (nSPS) is 28.3. The van der Waals surface area contributed by atoms with Gasteiger partial charge in [0.15, 0.2) is 6.19 Å². The molecule has 1 unspecified atom stereocenters. The highest BCUT2D eigenvalue weighted by Gasteiger charge is 2.61. The molecule has 2 fully saturated rings. The third-order valence-electron chi connectivity index (χ3n) is 8.90. The topological polar surface area (TPSA) is 170 Å². The molecule has 46 heavy (non-hydrogen) atoms. The van der Waals surface area contributed by atoms with E-state index in [-0.39, 0.29) is 38.4 Å². The van der Waals surface area contributed by atoms with Crippen molar-refractivity contribution < 1.29 is 37.8 Å². The molecule has 0 radical (unpaired) electrons. The molecule has 5 rings (SSSR count). The average molecular weight is 639 g/mol. The van der Waals surface area contributed by atoms with Gasteiger partial charge in [-0.3, -0.25) is 24.6 Å². The summed E-state index contributed by atoms with van der Waals surface area (Å²) in [5, 5.41) is 16.7. The largest absolute Gasteiger partial charge is 0.447 e. The first kappa shape index (κ1) is 32.7. The molecule has 3 aliphatic heterocycles. The molecule has 5 atom stereocenters. The van der Waals surface area contributed by atoms with Crippen LogP contribution >= 0.6 is 0 Å². The van der Waals surface area contributed by atoms with Gasteiger partial charge in [0.2, 0.25) is 11.8 Å². The fraction of sp³-hybridized carbons (Fsp3) is 0.562. The molecule has 4 aliphatic rings. The van der Waals surface area contributed by atoms with Crippen LogP contribution in [-0.2, 0) is 36.9 Å². The van der Waals surface area contributed by atoms with Crippen LogP contribution in [0.2, 0.25) is 0 Å². The van der Waals surface area contributed by atoms with Crippen molar-refractivity contribution in [1.82, 2.24) is 25.8 Å². The summed E-state index contributed by atoms with van der Waals surface area (Å²) in [5.41, 5.74) is -0.289. The van der Waals surface area contributed by atoms with E-state index in [0.717, 1.165) is 19.3 Å². The smallest absolute Gasteiger partial charge is 0.410 e. The number of nitrogens with zero attached hydrogens (tertiary/aromatic N) is 3. The molecule has 1 aromatic carbocycles. The van der Waals surface area contributed by atoms with Crippen molar-refractivity contribution in [3.8, 4) is 6.19 Å². The third kappa shape index (κ3) is 7.08. The van der Waals surface area contributed by atoms with Gasteiger partial charge in [0.1, 0.15) is 29.5 Å². The minimum atomic E-state index is -1.36. The predicted molar refractivity (Wildman–Crippen MR) is 160 cm³/mol. The summed E-state index contributed by atoms with van der Waals surface area (Å²) in [4.78, 5) is 69.3. The van der Waals surface area contributed by atoms with Crippen LogP contribution in [0.3, 0.4) is 0 Å². The number of halogens is 1. The molecule has 1 saturated carbocycles. The highest BCUT2D eigenvalue weighted by atomic mass is 19.1. The Balaban J connectivity index is 1.38. The summed E-state index contributed by atoms with van der Waals surface area (Å²) in [6.45, 7) is 3.40. The number of ether oxygens (including phenoxy) is 2. The summed E-state index contributed by atoms with van der Waals surface area (Å²) in [5.74, 6) is -2.61. The Morgan fingerprint density at radius 3 is 2.72 bits per heavy atom. The Labute approximate surface area is 266 Å². The molecule has 5 amide bonds. The van der Waals surface area contributed by atoms with Crippen molar-refractivity contribution in [3.63, 3.8) is 0 Å². The van der Waals surface area contributed by atoms with E-state index in [1.54, 1.807) is 32.2 Å². The number of hydrogen-bond acceptors (Lipinski definition) is 8. The van der Waals surface area contributed by atoms with Gasteiger partial charge in [-0.1, -0.05) is 37.1 Å². The van der Waals surface area contributed by atoms with E-state index < -0.39 is 65.6 Å². The molecule has 246 valence electrons. The van der Waals surface area contributed by atoms with Gasteiger partial charge in [-0.05, 0) is 51.2 Å². The van der Waals surface area contributed by atoms with E-state index in [1.165, 1.54) is 15.9 Å². The standard InChI is InChI=1S/C32H39FN6O7/c1-19(2)45-30(43)36-25-12-7-5-3-4-6-10-21-14-32(21,29(42)35-18-34)37-27(40)26-13-22(16-39(26)28(25)41)46-31(44)38-15-20-9-8-11-24(33)23(20)17-38/h6,8-11,19,21-22,25-26H,3-5,7,12-17H2,1-2H3,(H,35,42)(H,36,43)(H,37,40)/b10-6-/t21-,22+,25-,26?,32+/m0/s1. The Bertz CT molecular complexity index is 1460. The second-order valence-corrected chi connectivity index (χ2v) is 12.5. The summed E-state index contributed by atoms with van der Waals surface area (Å²) >= 11 is 0. The molecule has 3 N–H and O–H groups in total. The first-order chi connectivity index (χ1) is 22.0. The Kier molecular flexibility index (Phi) is 9.79. The number of rotatable bonds is 4. The molecule has 3 heterocycles. The molecule has 0 aromatic heterocycles. The van der Waals surface area contributed by atoms with Crippen LogP contribution in [0.5, 0.6) is 0 Å². The Morgan fingerprint density at radius 1 is 1.17 bits per heavy atom. The molecule has 1 saturated heterocycles. The maximum atomic E-state index is 14.3. The number of amides is 5. The van der Waals surface area contributed by atoms with Crippen molar-refractivity contribution in [2.45, 2.75) is 102 Å². The van der Waals surface area contributed by atoms with E-state index in [0.29, 0.717) is 24.0 Å². The number of carbonyl (C=O) groups is 5. The van der Waals surface area contributed by atoms with Gasteiger partial charge in [0.05, 0.1) is 19.2 Å². The Hall–Kier alpha value is -4.67. The van der Waals surface area contributed by atoms with Crippen LogP contribution < -0.4 is 16.0 Å². The number of alkyl carbamates (subject to hydrolysis) is 1.